The van der Waals surface area contributed by atoms with E-state index in [2.05, 4.69) is 10.2 Å². The number of hydrogen-bond donors (Lipinski definition) is 1. The summed E-state index contributed by atoms with van der Waals surface area (Å²) in [6, 6.07) is 28.9. The first-order valence-electron chi connectivity index (χ1n) is 12.7. The van der Waals surface area contributed by atoms with Crippen molar-refractivity contribution in [1.29, 1.82) is 0 Å². The van der Waals surface area contributed by atoms with Gasteiger partial charge in [0.15, 0.2) is 17.5 Å². The van der Waals surface area contributed by atoms with Crippen LogP contribution in [0.5, 0.6) is 0 Å². The zero-order valence-corrected chi connectivity index (χ0v) is 22.4. The number of para-hydroxylation sites is 1. The molecule has 0 spiro atoms. The lowest BCUT2D eigenvalue weighted by Gasteiger charge is -2.35. The van der Waals surface area contributed by atoms with Gasteiger partial charge in [-0.2, -0.15) is 5.10 Å². The number of hydrogen-bond acceptors (Lipinski definition) is 3. The van der Waals surface area contributed by atoms with Gasteiger partial charge in [-0.3, -0.25) is 5.10 Å². The summed E-state index contributed by atoms with van der Waals surface area (Å²) in [6.45, 7) is 1.90. The van der Waals surface area contributed by atoms with E-state index in [0.717, 1.165) is 17.2 Å². The van der Waals surface area contributed by atoms with E-state index in [-0.39, 0.29) is 10.7 Å². The molecule has 200 valence electrons. The van der Waals surface area contributed by atoms with Crippen molar-refractivity contribution in [1.82, 2.24) is 10.2 Å². The van der Waals surface area contributed by atoms with Crippen LogP contribution in [0.4, 0.5) is 20.3 Å². The summed E-state index contributed by atoms with van der Waals surface area (Å²) in [5.74, 6) is -1.63. The number of sulfonamides is 1. The number of aromatic nitrogens is 2. The van der Waals surface area contributed by atoms with Gasteiger partial charge < -0.3 is 0 Å². The van der Waals surface area contributed by atoms with Crippen molar-refractivity contribution in [2.75, 3.05) is 4.31 Å². The molecule has 0 amide bonds. The lowest BCUT2D eigenvalue weighted by molar-refractivity contribution is 0.502. The molecule has 1 heterocycles. The Morgan fingerprint density at radius 3 is 2.17 bits per heavy atom. The lowest BCUT2D eigenvalue weighted by atomic mass is 9.68. The molecule has 40 heavy (non-hydrogen) atoms. The van der Waals surface area contributed by atoms with Crippen LogP contribution in [0.2, 0.25) is 0 Å². The summed E-state index contributed by atoms with van der Waals surface area (Å²) >= 11 is 0. The number of allylic oxidation sites excluding steroid dienone is 1. The molecular weight excluding hydrogens is 528 g/mol. The minimum atomic E-state index is -4.05. The maximum atomic E-state index is 14.4. The van der Waals surface area contributed by atoms with Gasteiger partial charge in [0, 0.05) is 23.1 Å². The van der Waals surface area contributed by atoms with Crippen molar-refractivity contribution in [3.63, 3.8) is 0 Å². The highest BCUT2D eigenvalue weighted by Gasteiger charge is 2.39. The highest BCUT2D eigenvalue weighted by atomic mass is 32.2. The summed E-state index contributed by atoms with van der Waals surface area (Å²) in [6.07, 6.45) is 4.05. The third-order valence-electron chi connectivity index (χ3n) is 7.32. The molecule has 0 bridgehead atoms. The maximum absolute atomic E-state index is 14.4. The van der Waals surface area contributed by atoms with Crippen LogP contribution in [0.25, 0.3) is 6.08 Å². The van der Waals surface area contributed by atoms with Crippen LogP contribution in [-0.2, 0) is 21.9 Å². The number of nitrogens with zero attached hydrogens (tertiary/aromatic N) is 2. The van der Waals surface area contributed by atoms with E-state index in [4.69, 9.17) is 0 Å². The molecule has 5 nitrogen and oxygen atoms in total. The number of aromatic amines is 1. The Labute approximate surface area is 231 Å². The minimum absolute atomic E-state index is 0.138. The molecule has 0 aliphatic heterocycles. The Kier molecular flexibility index (Phi) is 6.35. The van der Waals surface area contributed by atoms with Gasteiger partial charge in [-0.1, -0.05) is 84.4 Å². The first kappa shape index (κ1) is 25.7. The Morgan fingerprint density at radius 2 is 1.50 bits per heavy atom. The van der Waals surface area contributed by atoms with Crippen molar-refractivity contribution in [2.45, 2.75) is 23.7 Å². The summed E-state index contributed by atoms with van der Waals surface area (Å²) < 4.78 is 57.6. The zero-order chi connectivity index (χ0) is 27.9. The zero-order valence-electron chi connectivity index (χ0n) is 21.6. The largest absolute Gasteiger partial charge is 0.280 e. The molecule has 0 saturated carbocycles. The predicted molar refractivity (Wildman–Crippen MR) is 152 cm³/mol. The van der Waals surface area contributed by atoms with Crippen LogP contribution in [0.3, 0.4) is 0 Å². The number of anilines is 2. The molecule has 1 N–H and O–H groups in total. The summed E-state index contributed by atoms with van der Waals surface area (Å²) in [5, 5.41) is 7.56. The van der Waals surface area contributed by atoms with E-state index in [1.165, 1.54) is 10.4 Å². The van der Waals surface area contributed by atoms with Crippen LogP contribution >= 0.6 is 0 Å². The van der Waals surface area contributed by atoms with Gasteiger partial charge in [0.2, 0.25) is 0 Å². The topological polar surface area (TPSA) is 66.1 Å². The number of halogens is 2. The number of nitrogens with one attached hydrogen (secondary N) is 1. The monoisotopic (exact) mass is 553 g/mol. The number of H-pyrrole nitrogens is 1. The molecule has 1 aliphatic rings. The third-order valence-corrected chi connectivity index (χ3v) is 9.05. The Morgan fingerprint density at radius 1 is 0.825 bits per heavy atom. The fourth-order valence-electron chi connectivity index (χ4n) is 5.23. The molecule has 1 aromatic heterocycles. The van der Waals surface area contributed by atoms with Crippen molar-refractivity contribution < 1.29 is 17.2 Å². The van der Waals surface area contributed by atoms with Gasteiger partial charge >= 0.3 is 0 Å². The van der Waals surface area contributed by atoms with Crippen LogP contribution in [0.1, 0.15) is 27.9 Å². The number of aryl methyl sites for hydroxylation is 1. The normalized spacial score (nSPS) is 16.5. The number of benzene rings is 4. The molecule has 1 unspecified atom stereocenters. The quantitative estimate of drug-likeness (QED) is 0.244. The second-order valence-corrected chi connectivity index (χ2v) is 11.6. The minimum Gasteiger partial charge on any atom is -0.280 e. The second kappa shape index (κ2) is 9.88. The first-order valence-corrected chi connectivity index (χ1v) is 14.2. The van der Waals surface area contributed by atoms with Gasteiger partial charge in [0.05, 0.1) is 10.6 Å². The second-order valence-electron chi connectivity index (χ2n) is 9.83. The van der Waals surface area contributed by atoms with E-state index < -0.39 is 27.1 Å². The first-order chi connectivity index (χ1) is 19.3. The number of fused-ring (bicyclic) bond motifs is 1. The molecule has 8 heteroatoms. The molecule has 1 aliphatic carbocycles. The standard InChI is InChI=1S/C32H25F2N3O2S/c1-22-12-15-26(16-13-22)40(38,39)37(25-10-6-3-7-11-25)31-27-18-19-32(21-30(27)35-36-31,23-8-4-2-5-9-23)24-14-17-28(33)29(34)20-24/h2-20H,21H2,1H3,(H,35,36). The Balaban J connectivity index is 1.51. The lowest BCUT2D eigenvalue weighted by Crippen LogP contribution is -2.31. The van der Waals surface area contributed by atoms with Gasteiger partial charge in [-0.05, 0) is 54.4 Å². The number of rotatable bonds is 6. The van der Waals surface area contributed by atoms with Crippen molar-refractivity contribution in [3.05, 3.63) is 149 Å². The molecule has 6 rings (SSSR count). The summed E-state index contributed by atoms with van der Waals surface area (Å²) in [5.41, 5.74) is 3.28. The van der Waals surface area contributed by atoms with E-state index in [0.29, 0.717) is 28.9 Å². The van der Waals surface area contributed by atoms with Crippen LogP contribution < -0.4 is 4.31 Å². The molecular formula is C32H25F2N3O2S. The van der Waals surface area contributed by atoms with Crippen LogP contribution in [0, 0.1) is 18.6 Å². The Bertz CT molecular complexity index is 1820. The van der Waals surface area contributed by atoms with Crippen LogP contribution in [0.15, 0.2) is 114 Å². The van der Waals surface area contributed by atoms with E-state index >= 15 is 0 Å². The van der Waals surface area contributed by atoms with Gasteiger partial charge in [0.25, 0.3) is 10.0 Å². The molecule has 0 fully saturated rings. The predicted octanol–water partition coefficient (Wildman–Crippen LogP) is 7.08. The van der Waals surface area contributed by atoms with Gasteiger partial charge in [-0.15, -0.1) is 0 Å². The molecule has 4 aromatic carbocycles. The fourth-order valence-corrected chi connectivity index (χ4v) is 6.69. The van der Waals surface area contributed by atoms with Crippen LogP contribution in [-0.4, -0.2) is 18.6 Å². The van der Waals surface area contributed by atoms with E-state index in [1.54, 1.807) is 54.6 Å². The highest BCUT2D eigenvalue weighted by molar-refractivity contribution is 7.93. The summed E-state index contributed by atoms with van der Waals surface area (Å²) in [7, 11) is -4.05. The average molecular weight is 554 g/mol. The SMILES string of the molecule is Cc1ccc(S(=O)(=O)N(c2ccccc2)c2n[nH]c3c2C=CC(c2ccccc2)(c2ccc(F)c(F)c2)C3)cc1. The van der Waals surface area contributed by atoms with Crippen molar-refractivity contribution in [3.8, 4) is 0 Å². The van der Waals surface area contributed by atoms with E-state index in [1.807, 2.05) is 55.5 Å². The average Bonchev–Trinajstić information content (AvgIpc) is 3.38. The molecule has 0 radical (unpaired) electrons. The smallest absolute Gasteiger partial charge is 0.269 e. The van der Waals surface area contributed by atoms with Crippen molar-refractivity contribution >= 4 is 27.6 Å². The Hall–Kier alpha value is -4.56. The summed E-state index contributed by atoms with van der Waals surface area (Å²) in [4.78, 5) is 0.138. The van der Waals surface area contributed by atoms with E-state index in [9.17, 15) is 17.2 Å². The maximum Gasteiger partial charge on any atom is 0.269 e. The fraction of sp³-hybridized carbons (Fsp3) is 0.0938. The van der Waals surface area contributed by atoms with Gasteiger partial charge in [0.1, 0.15) is 0 Å². The highest BCUT2D eigenvalue weighted by Crippen LogP contribution is 2.45. The molecule has 5 aromatic rings. The third kappa shape index (κ3) is 4.30. The molecule has 1 atom stereocenters. The molecule has 0 saturated heterocycles. The van der Waals surface area contributed by atoms with Gasteiger partial charge in [-0.25, -0.2) is 21.5 Å². The van der Waals surface area contributed by atoms with Crippen molar-refractivity contribution in [2.24, 2.45) is 0 Å².